The van der Waals surface area contributed by atoms with Crippen molar-refractivity contribution in [3.8, 4) is 0 Å². The lowest BCUT2D eigenvalue weighted by Gasteiger charge is -2.19. The van der Waals surface area contributed by atoms with Gasteiger partial charge in [-0.1, -0.05) is 29.3 Å². The molecule has 1 amide bonds. The zero-order valence-electron chi connectivity index (χ0n) is 10.7. The van der Waals surface area contributed by atoms with Gasteiger partial charge in [0, 0.05) is 25.6 Å². The number of hydrogen-bond acceptors (Lipinski definition) is 3. The van der Waals surface area contributed by atoms with Crippen LogP contribution in [0.4, 0.5) is 0 Å². The summed E-state index contributed by atoms with van der Waals surface area (Å²) >= 11 is 11.7. The Balaban J connectivity index is 1.87. The molecule has 20 heavy (non-hydrogen) atoms. The molecule has 0 radical (unpaired) electrons. The number of carbonyl (C=O) groups excluding carboxylic acids is 1. The summed E-state index contributed by atoms with van der Waals surface area (Å²) in [5, 5.41) is 13.5. The molecule has 0 aliphatic carbocycles. The monoisotopic (exact) mass is 315 g/mol. The Morgan fingerprint density at radius 1 is 1.45 bits per heavy atom. The van der Waals surface area contributed by atoms with Crippen LogP contribution in [0.25, 0.3) is 6.08 Å². The summed E-state index contributed by atoms with van der Waals surface area (Å²) in [4.78, 5) is 11.7. The van der Waals surface area contributed by atoms with Crippen molar-refractivity contribution in [1.82, 2.24) is 5.32 Å². The molecule has 6 heteroatoms. The van der Waals surface area contributed by atoms with Crippen molar-refractivity contribution in [1.29, 1.82) is 0 Å². The first-order valence-electron chi connectivity index (χ1n) is 6.20. The second-order valence-corrected chi connectivity index (χ2v) is 5.57. The summed E-state index contributed by atoms with van der Waals surface area (Å²) in [7, 11) is 0. The molecule has 0 bridgehead atoms. The van der Waals surface area contributed by atoms with Crippen molar-refractivity contribution in [2.45, 2.75) is 12.0 Å². The number of halogens is 2. The Morgan fingerprint density at radius 3 is 2.90 bits per heavy atom. The van der Waals surface area contributed by atoms with E-state index < -0.39 is 5.60 Å². The molecule has 1 saturated heterocycles. The maximum Gasteiger partial charge on any atom is 0.244 e. The van der Waals surface area contributed by atoms with E-state index in [1.165, 1.54) is 6.08 Å². The molecule has 1 unspecified atom stereocenters. The number of hydrogen-bond donors (Lipinski definition) is 2. The van der Waals surface area contributed by atoms with Crippen LogP contribution in [-0.2, 0) is 9.53 Å². The van der Waals surface area contributed by atoms with Gasteiger partial charge >= 0.3 is 0 Å². The molecule has 0 aromatic heterocycles. The summed E-state index contributed by atoms with van der Waals surface area (Å²) < 4.78 is 5.10. The van der Waals surface area contributed by atoms with Crippen molar-refractivity contribution in [2.75, 3.05) is 19.8 Å². The van der Waals surface area contributed by atoms with E-state index in [-0.39, 0.29) is 19.1 Å². The van der Waals surface area contributed by atoms with Crippen molar-refractivity contribution in [3.63, 3.8) is 0 Å². The predicted octanol–water partition coefficient (Wildman–Crippen LogP) is 2.27. The Labute approximate surface area is 127 Å². The average Bonchev–Trinajstić information content (AvgIpc) is 2.85. The molecule has 108 valence electrons. The first-order chi connectivity index (χ1) is 9.48. The Bertz CT molecular complexity index is 525. The van der Waals surface area contributed by atoms with Crippen molar-refractivity contribution in [3.05, 3.63) is 39.9 Å². The fourth-order valence-corrected chi connectivity index (χ4v) is 2.14. The normalized spacial score (nSPS) is 22.4. The predicted molar refractivity (Wildman–Crippen MR) is 78.9 cm³/mol. The molecule has 1 fully saturated rings. The molecule has 1 aromatic rings. The van der Waals surface area contributed by atoms with Gasteiger partial charge in [0.1, 0.15) is 5.60 Å². The largest absolute Gasteiger partial charge is 0.386 e. The third-order valence-corrected chi connectivity index (χ3v) is 3.78. The minimum absolute atomic E-state index is 0.178. The smallest absolute Gasteiger partial charge is 0.244 e. The Kier molecular flexibility index (Phi) is 5.05. The van der Waals surface area contributed by atoms with Gasteiger partial charge in [-0.25, -0.2) is 0 Å². The highest BCUT2D eigenvalue weighted by Gasteiger charge is 2.32. The molecule has 0 spiro atoms. The highest BCUT2D eigenvalue weighted by molar-refractivity contribution is 6.42. The fraction of sp³-hybridized carbons (Fsp3) is 0.357. The number of benzene rings is 1. The van der Waals surface area contributed by atoms with Crippen LogP contribution < -0.4 is 5.32 Å². The topological polar surface area (TPSA) is 58.6 Å². The number of nitrogens with one attached hydrogen (secondary N) is 1. The number of rotatable bonds is 4. The molecule has 1 heterocycles. The summed E-state index contributed by atoms with van der Waals surface area (Å²) in [5.74, 6) is -0.281. The maximum absolute atomic E-state index is 11.7. The van der Waals surface area contributed by atoms with E-state index in [0.717, 1.165) is 5.56 Å². The molecular weight excluding hydrogens is 301 g/mol. The van der Waals surface area contributed by atoms with E-state index in [2.05, 4.69) is 5.32 Å². The van der Waals surface area contributed by atoms with E-state index in [4.69, 9.17) is 27.9 Å². The fourth-order valence-electron chi connectivity index (χ4n) is 1.83. The number of carbonyl (C=O) groups is 1. The second kappa shape index (κ2) is 6.59. The zero-order valence-corrected chi connectivity index (χ0v) is 12.2. The molecule has 2 N–H and O–H groups in total. The molecule has 1 aromatic carbocycles. The summed E-state index contributed by atoms with van der Waals surface area (Å²) in [6, 6.07) is 5.10. The van der Waals surface area contributed by atoms with Gasteiger partial charge in [-0.3, -0.25) is 4.79 Å². The van der Waals surface area contributed by atoms with Crippen LogP contribution in [0.5, 0.6) is 0 Å². The lowest BCUT2D eigenvalue weighted by molar-refractivity contribution is -0.117. The first-order valence-corrected chi connectivity index (χ1v) is 6.95. The quantitative estimate of drug-likeness (QED) is 0.838. The Hall–Kier alpha value is -1.07. The minimum Gasteiger partial charge on any atom is -0.386 e. The van der Waals surface area contributed by atoms with Gasteiger partial charge in [-0.05, 0) is 23.8 Å². The minimum atomic E-state index is -0.951. The van der Waals surface area contributed by atoms with E-state index >= 15 is 0 Å². The van der Waals surface area contributed by atoms with Gasteiger partial charge in [-0.2, -0.15) is 0 Å². The van der Waals surface area contributed by atoms with Gasteiger partial charge < -0.3 is 15.2 Å². The van der Waals surface area contributed by atoms with Crippen LogP contribution in [0, 0.1) is 0 Å². The van der Waals surface area contributed by atoms with Crippen LogP contribution >= 0.6 is 23.2 Å². The molecule has 4 nitrogen and oxygen atoms in total. The van der Waals surface area contributed by atoms with Crippen LogP contribution in [0.1, 0.15) is 12.0 Å². The van der Waals surface area contributed by atoms with Crippen molar-refractivity contribution in [2.24, 2.45) is 0 Å². The highest BCUT2D eigenvalue weighted by Crippen LogP contribution is 2.23. The maximum atomic E-state index is 11.7. The molecule has 0 saturated carbocycles. The van der Waals surface area contributed by atoms with E-state index in [9.17, 15) is 9.90 Å². The van der Waals surface area contributed by atoms with Crippen molar-refractivity contribution >= 4 is 35.2 Å². The van der Waals surface area contributed by atoms with Crippen molar-refractivity contribution < 1.29 is 14.6 Å². The SMILES string of the molecule is O=C(/C=C/c1ccc(Cl)c(Cl)c1)NCC1(O)CCOC1. The third kappa shape index (κ3) is 4.21. The van der Waals surface area contributed by atoms with Crippen LogP contribution in [-0.4, -0.2) is 36.4 Å². The molecule has 1 aliphatic rings. The van der Waals surface area contributed by atoms with E-state index in [0.29, 0.717) is 23.1 Å². The number of amides is 1. The second-order valence-electron chi connectivity index (χ2n) is 4.75. The van der Waals surface area contributed by atoms with Gasteiger partial charge in [0.25, 0.3) is 0 Å². The molecule has 1 atom stereocenters. The summed E-state index contributed by atoms with van der Waals surface area (Å²) in [5.41, 5.74) is -0.176. The van der Waals surface area contributed by atoms with Crippen LogP contribution in [0.3, 0.4) is 0 Å². The van der Waals surface area contributed by atoms with Gasteiger partial charge in [0.05, 0.1) is 16.7 Å². The third-order valence-electron chi connectivity index (χ3n) is 3.04. The van der Waals surface area contributed by atoms with E-state index in [1.54, 1.807) is 24.3 Å². The van der Waals surface area contributed by atoms with Gasteiger partial charge in [0.15, 0.2) is 0 Å². The number of aliphatic hydroxyl groups is 1. The first kappa shape index (κ1) is 15.3. The van der Waals surface area contributed by atoms with E-state index in [1.807, 2.05) is 0 Å². The van der Waals surface area contributed by atoms with Gasteiger partial charge in [-0.15, -0.1) is 0 Å². The summed E-state index contributed by atoms with van der Waals surface area (Å²) in [6.45, 7) is 0.951. The van der Waals surface area contributed by atoms with Gasteiger partial charge in [0.2, 0.25) is 5.91 Å². The standard InChI is InChI=1S/C14H15Cl2NO3/c15-11-3-1-10(7-12(11)16)2-4-13(18)17-8-14(19)5-6-20-9-14/h1-4,7,19H,5-6,8-9H2,(H,17,18)/b4-2+. The van der Waals surface area contributed by atoms with Crippen LogP contribution in [0.15, 0.2) is 24.3 Å². The zero-order chi connectivity index (χ0) is 14.6. The van der Waals surface area contributed by atoms with Crippen LogP contribution in [0.2, 0.25) is 10.0 Å². The lowest BCUT2D eigenvalue weighted by atomic mass is 10.0. The lowest BCUT2D eigenvalue weighted by Crippen LogP contribution is -2.42. The number of ether oxygens (including phenoxy) is 1. The summed E-state index contributed by atoms with van der Waals surface area (Å²) in [6.07, 6.45) is 3.55. The molecule has 2 rings (SSSR count). The highest BCUT2D eigenvalue weighted by atomic mass is 35.5. The average molecular weight is 316 g/mol. The Morgan fingerprint density at radius 2 is 2.25 bits per heavy atom. The molecule has 1 aliphatic heterocycles. The molecular formula is C14H15Cl2NO3.